The van der Waals surface area contributed by atoms with E-state index in [1.54, 1.807) is 0 Å². The van der Waals surface area contributed by atoms with Gasteiger partial charge in [-0.2, -0.15) is 0 Å². The Labute approximate surface area is 112 Å². The minimum atomic E-state index is -0.0644. The van der Waals surface area contributed by atoms with Crippen LogP contribution in [0.2, 0.25) is 0 Å². The van der Waals surface area contributed by atoms with Crippen molar-refractivity contribution in [2.45, 2.75) is 12.8 Å². The summed E-state index contributed by atoms with van der Waals surface area (Å²) in [4.78, 5) is 12.1. The maximum Gasteiger partial charge on any atom is 0.251 e. The molecule has 98 valence electrons. The summed E-state index contributed by atoms with van der Waals surface area (Å²) >= 11 is 0. The molecule has 0 unspecified atom stereocenters. The normalized spacial score (nSPS) is 16.3. The zero-order valence-corrected chi connectivity index (χ0v) is 10.7. The molecule has 1 saturated carbocycles. The zero-order valence-electron chi connectivity index (χ0n) is 10.7. The SMILES string of the molecule is O=C(NCC1(CO)CC1)c1ccc2ccccc2c1. The van der Waals surface area contributed by atoms with Gasteiger partial charge in [-0.1, -0.05) is 30.3 Å². The number of hydrogen-bond donors (Lipinski definition) is 2. The van der Waals surface area contributed by atoms with Gasteiger partial charge in [0.25, 0.3) is 5.91 Å². The molecule has 0 heterocycles. The molecule has 3 rings (SSSR count). The molecule has 2 aromatic rings. The first-order valence-corrected chi connectivity index (χ1v) is 6.60. The number of nitrogens with one attached hydrogen (secondary N) is 1. The van der Waals surface area contributed by atoms with Gasteiger partial charge >= 0.3 is 0 Å². The molecule has 0 atom stereocenters. The van der Waals surface area contributed by atoms with E-state index < -0.39 is 0 Å². The number of amides is 1. The fourth-order valence-corrected chi connectivity index (χ4v) is 2.27. The number of fused-ring (bicyclic) bond motifs is 1. The lowest BCUT2D eigenvalue weighted by Gasteiger charge is -2.12. The molecule has 0 aromatic heterocycles. The molecular formula is C16H17NO2. The van der Waals surface area contributed by atoms with E-state index >= 15 is 0 Å². The van der Waals surface area contributed by atoms with Gasteiger partial charge in [-0.25, -0.2) is 0 Å². The first-order chi connectivity index (χ1) is 9.22. The van der Waals surface area contributed by atoms with Crippen LogP contribution in [-0.2, 0) is 0 Å². The van der Waals surface area contributed by atoms with Gasteiger partial charge in [0.2, 0.25) is 0 Å². The molecule has 1 amide bonds. The van der Waals surface area contributed by atoms with Crippen LogP contribution < -0.4 is 5.32 Å². The topological polar surface area (TPSA) is 49.3 Å². The van der Waals surface area contributed by atoms with Crippen LogP contribution in [0.5, 0.6) is 0 Å². The van der Waals surface area contributed by atoms with Crippen molar-refractivity contribution in [3.05, 3.63) is 48.0 Å². The van der Waals surface area contributed by atoms with Crippen LogP contribution in [0.1, 0.15) is 23.2 Å². The number of carbonyl (C=O) groups excluding carboxylic acids is 1. The van der Waals surface area contributed by atoms with Gasteiger partial charge < -0.3 is 10.4 Å². The summed E-state index contributed by atoms with van der Waals surface area (Å²) in [6.07, 6.45) is 2.00. The molecule has 0 saturated heterocycles. The van der Waals surface area contributed by atoms with E-state index in [0.29, 0.717) is 12.1 Å². The fraction of sp³-hybridized carbons (Fsp3) is 0.312. The summed E-state index contributed by atoms with van der Waals surface area (Å²) in [7, 11) is 0. The molecule has 0 spiro atoms. The van der Waals surface area contributed by atoms with Gasteiger partial charge in [0, 0.05) is 17.5 Å². The largest absolute Gasteiger partial charge is 0.396 e. The summed E-state index contributed by atoms with van der Waals surface area (Å²) in [5, 5.41) is 14.3. The maximum absolute atomic E-state index is 12.1. The second-order valence-electron chi connectivity index (χ2n) is 5.40. The highest BCUT2D eigenvalue weighted by Gasteiger charge is 2.42. The zero-order chi connectivity index (χ0) is 13.3. The van der Waals surface area contributed by atoms with Crippen LogP contribution in [0.3, 0.4) is 0 Å². The van der Waals surface area contributed by atoms with Crippen molar-refractivity contribution in [1.29, 1.82) is 0 Å². The molecule has 0 radical (unpaired) electrons. The summed E-state index contributed by atoms with van der Waals surface area (Å²) in [6, 6.07) is 13.7. The number of rotatable bonds is 4. The van der Waals surface area contributed by atoms with Crippen LogP contribution in [0.15, 0.2) is 42.5 Å². The second-order valence-corrected chi connectivity index (χ2v) is 5.40. The average molecular weight is 255 g/mol. The van der Waals surface area contributed by atoms with E-state index in [0.717, 1.165) is 23.6 Å². The van der Waals surface area contributed by atoms with Crippen LogP contribution in [0.25, 0.3) is 10.8 Å². The Balaban J connectivity index is 1.74. The van der Waals surface area contributed by atoms with Crippen molar-refractivity contribution < 1.29 is 9.90 Å². The predicted octanol–water partition coefficient (Wildman–Crippen LogP) is 2.34. The lowest BCUT2D eigenvalue weighted by molar-refractivity contribution is 0.0935. The monoisotopic (exact) mass is 255 g/mol. The smallest absolute Gasteiger partial charge is 0.251 e. The second kappa shape index (κ2) is 4.67. The van der Waals surface area contributed by atoms with Crippen molar-refractivity contribution >= 4 is 16.7 Å². The molecule has 19 heavy (non-hydrogen) atoms. The quantitative estimate of drug-likeness (QED) is 0.881. The van der Waals surface area contributed by atoms with Gasteiger partial charge in [0.1, 0.15) is 0 Å². The van der Waals surface area contributed by atoms with E-state index in [9.17, 15) is 9.90 Å². The predicted molar refractivity (Wildman–Crippen MR) is 75.0 cm³/mol. The van der Waals surface area contributed by atoms with Crippen LogP contribution in [0, 0.1) is 5.41 Å². The molecule has 1 aliphatic rings. The Morgan fingerprint density at radius 2 is 1.89 bits per heavy atom. The number of benzene rings is 2. The third-order valence-corrected chi connectivity index (χ3v) is 3.93. The summed E-state index contributed by atoms with van der Waals surface area (Å²) in [6.45, 7) is 0.722. The summed E-state index contributed by atoms with van der Waals surface area (Å²) in [5.74, 6) is -0.0644. The third kappa shape index (κ3) is 2.47. The summed E-state index contributed by atoms with van der Waals surface area (Å²) in [5.41, 5.74) is 0.624. The molecule has 0 aliphatic heterocycles. The Kier molecular flexibility index (Phi) is 2.99. The van der Waals surface area contributed by atoms with Crippen molar-refractivity contribution in [2.24, 2.45) is 5.41 Å². The molecule has 3 heteroatoms. The van der Waals surface area contributed by atoms with Gasteiger partial charge in [-0.15, -0.1) is 0 Å². The Morgan fingerprint density at radius 1 is 1.16 bits per heavy atom. The standard InChI is InChI=1S/C16H17NO2/c18-11-16(7-8-16)10-17-15(19)14-6-5-12-3-1-2-4-13(12)9-14/h1-6,9,18H,7-8,10-11H2,(H,17,19). The Hall–Kier alpha value is -1.87. The van der Waals surface area contributed by atoms with Gasteiger partial charge in [-0.05, 0) is 35.7 Å². The first-order valence-electron chi connectivity index (χ1n) is 6.60. The van der Waals surface area contributed by atoms with Gasteiger partial charge in [0.15, 0.2) is 0 Å². The molecule has 2 N–H and O–H groups in total. The number of aliphatic hydroxyl groups excluding tert-OH is 1. The van der Waals surface area contributed by atoms with Crippen LogP contribution in [0.4, 0.5) is 0 Å². The molecule has 0 bridgehead atoms. The fourth-order valence-electron chi connectivity index (χ4n) is 2.27. The van der Waals surface area contributed by atoms with Crippen molar-refractivity contribution in [1.82, 2.24) is 5.32 Å². The Morgan fingerprint density at radius 3 is 2.58 bits per heavy atom. The lowest BCUT2D eigenvalue weighted by atomic mass is 10.1. The summed E-state index contributed by atoms with van der Waals surface area (Å²) < 4.78 is 0. The molecule has 1 fully saturated rings. The highest BCUT2D eigenvalue weighted by molar-refractivity contribution is 5.98. The third-order valence-electron chi connectivity index (χ3n) is 3.93. The van der Waals surface area contributed by atoms with Crippen LogP contribution >= 0.6 is 0 Å². The highest BCUT2D eigenvalue weighted by atomic mass is 16.3. The molecule has 1 aliphatic carbocycles. The number of aliphatic hydroxyl groups is 1. The lowest BCUT2D eigenvalue weighted by Crippen LogP contribution is -2.31. The van der Waals surface area contributed by atoms with Crippen molar-refractivity contribution in [2.75, 3.05) is 13.2 Å². The van der Waals surface area contributed by atoms with Crippen LogP contribution in [-0.4, -0.2) is 24.2 Å². The van der Waals surface area contributed by atoms with E-state index in [-0.39, 0.29) is 17.9 Å². The van der Waals surface area contributed by atoms with E-state index in [4.69, 9.17) is 0 Å². The molecule has 3 nitrogen and oxygen atoms in total. The number of hydrogen-bond acceptors (Lipinski definition) is 2. The minimum Gasteiger partial charge on any atom is -0.396 e. The van der Waals surface area contributed by atoms with Gasteiger partial charge in [-0.3, -0.25) is 4.79 Å². The average Bonchev–Trinajstić information content (AvgIpc) is 3.25. The van der Waals surface area contributed by atoms with E-state index in [1.165, 1.54) is 0 Å². The molecular weight excluding hydrogens is 238 g/mol. The van der Waals surface area contributed by atoms with E-state index in [2.05, 4.69) is 5.32 Å². The maximum atomic E-state index is 12.1. The molecule has 2 aromatic carbocycles. The number of carbonyl (C=O) groups is 1. The van der Waals surface area contributed by atoms with E-state index in [1.807, 2.05) is 42.5 Å². The van der Waals surface area contributed by atoms with Crippen molar-refractivity contribution in [3.63, 3.8) is 0 Å². The first kappa shape index (κ1) is 12.2. The Bertz CT molecular complexity index is 617. The van der Waals surface area contributed by atoms with Crippen molar-refractivity contribution in [3.8, 4) is 0 Å². The van der Waals surface area contributed by atoms with Gasteiger partial charge in [0.05, 0.1) is 6.61 Å². The highest BCUT2D eigenvalue weighted by Crippen LogP contribution is 2.44. The minimum absolute atomic E-state index is 0.0491.